The molecule has 2 rings (SSSR count). The summed E-state index contributed by atoms with van der Waals surface area (Å²) in [5.41, 5.74) is 2.99. The van der Waals surface area contributed by atoms with Crippen LogP contribution in [0.15, 0.2) is 24.3 Å². The molecule has 0 spiro atoms. The SMILES string of the molecule is CNCCc1cc(C)nc2ccc(F)cc12. The fourth-order valence-corrected chi connectivity index (χ4v) is 1.88. The third-order valence-corrected chi connectivity index (χ3v) is 2.63. The van der Waals surface area contributed by atoms with Crippen LogP contribution in [0.2, 0.25) is 0 Å². The molecule has 16 heavy (non-hydrogen) atoms. The van der Waals surface area contributed by atoms with Gasteiger partial charge in [-0.05, 0) is 56.8 Å². The lowest BCUT2D eigenvalue weighted by Crippen LogP contribution is -2.10. The van der Waals surface area contributed by atoms with Gasteiger partial charge in [0.15, 0.2) is 0 Å². The molecule has 0 amide bonds. The van der Waals surface area contributed by atoms with Crippen LogP contribution >= 0.6 is 0 Å². The molecule has 0 aliphatic heterocycles. The monoisotopic (exact) mass is 218 g/mol. The predicted molar refractivity (Wildman–Crippen MR) is 64.1 cm³/mol. The molecular weight excluding hydrogens is 203 g/mol. The van der Waals surface area contributed by atoms with E-state index in [-0.39, 0.29) is 5.82 Å². The van der Waals surface area contributed by atoms with Crippen molar-refractivity contribution in [3.8, 4) is 0 Å². The molecule has 3 heteroatoms. The van der Waals surface area contributed by atoms with Crippen molar-refractivity contribution in [2.24, 2.45) is 0 Å². The maximum atomic E-state index is 13.2. The Hall–Kier alpha value is -1.48. The van der Waals surface area contributed by atoms with Gasteiger partial charge in [-0.25, -0.2) is 4.39 Å². The topological polar surface area (TPSA) is 24.9 Å². The zero-order valence-corrected chi connectivity index (χ0v) is 9.55. The summed E-state index contributed by atoms with van der Waals surface area (Å²) in [7, 11) is 1.91. The summed E-state index contributed by atoms with van der Waals surface area (Å²) < 4.78 is 13.2. The highest BCUT2D eigenvalue weighted by molar-refractivity contribution is 5.82. The molecular formula is C13H15FN2. The second kappa shape index (κ2) is 4.58. The van der Waals surface area contributed by atoms with Gasteiger partial charge in [-0.1, -0.05) is 0 Å². The van der Waals surface area contributed by atoms with Crippen LogP contribution in [0.5, 0.6) is 0 Å². The number of nitrogens with zero attached hydrogens (tertiary/aromatic N) is 1. The van der Waals surface area contributed by atoms with Crippen LogP contribution in [0.3, 0.4) is 0 Å². The Kier molecular flexibility index (Phi) is 3.15. The summed E-state index contributed by atoms with van der Waals surface area (Å²) in [6.45, 7) is 2.85. The van der Waals surface area contributed by atoms with Crippen molar-refractivity contribution in [2.45, 2.75) is 13.3 Å². The van der Waals surface area contributed by atoms with Crippen molar-refractivity contribution in [1.82, 2.24) is 10.3 Å². The molecule has 2 aromatic rings. The van der Waals surface area contributed by atoms with Crippen LogP contribution in [0.1, 0.15) is 11.3 Å². The second-order valence-electron chi connectivity index (χ2n) is 3.94. The standard InChI is InChI=1S/C13H15FN2/c1-9-7-10(5-6-15-2)12-8-11(14)3-4-13(12)16-9/h3-4,7-8,15H,5-6H2,1-2H3. The Balaban J connectivity index is 2.55. The molecule has 1 aromatic heterocycles. The van der Waals surface area contributed by atoms with Gasteiger partial charge in [0, 0.05) is 11.1 Å². The molecule has 0 aliphatic carbocycles. The molecule has 2 nitrogen and oxygen atoms in total. The normalized spacial score (nSPS) is 10.9. The third kappa shape index (κ3) is 2.19. The lowest BCUT2D eigenvalue weighted by molar-refractivity contribution is 0.629. The molecule has 84 valence electrons. The highest BCUT2D eigenvalue weighted by atomic mass is 19.1. The lowest BCUT2D eigenvalue weighted by Gasteiger charge is -2.07. The molecule has 0 atom stereocenters. The number of hydrogen-bond acceptors (Lipinski definition) is 2. The largest absolute Gasteiger partial charge is 0.319 e. The first-order chi connectivity index (χ1) is 7.70. The number of aromatic nitrogens is 1. The van der Waals surface area contributed by atoms with E-state index >= 15 is 0 Å². The van der Waals surface area contributed by atoms with Crippen LogP contribution in [0.4, 0.5) is 4.39 Å². The number of hydrogen-bond donors (Lipinski definition) is 1. The maximum absolute atomic E-state index is 13.2. The van der Waals surface area contributed by atoms with Crippen molar-refractivity contribution in [3.63, 3.8) is 0 Å². The zero-order valence-electron chi connectivity index (χ0n) is 9.55. The Morgan fingerprint density at radius 3 is 2.88 bits per heavy atom. The van der Waals surface area contributed by atoms with Gasteiger partial charge >= 0.3 is 0 Å². The minimum Gasteiger partial charge on any atom is -0.319 e. The number of benzene rings is 1. The first kappa shape index (κ1) is 11.0. The van der Waals surface area contributed by atoms with Crippen LogP contribution in [-0.4, -0.2) is 18.6 Å². The molecule has 0 unspecified atom stereocenters. The Labute approximate surface area is 94.5 Å². The van der Waals surface area contributed by atoms with Gasteiger partial charge in [-0.15, -0.1) is 0 Å². The summed E-state index contributed by atoms with van der Waals surface area (Å²) in [5.74, 6) is -0.205. The van der Waals surface area contributed by atoms with E-state index < -0.39 is 0 Å². The van der Waals surface area contributed by atoms with Gasteiger partial charge in [0.25, 0.3) is 0 Å². The quantitative estimate of drug-likeness (QED) is 0.856. The first-order valence-electron chi connectivity index (χ1n) is 5.41. The molecule has 0 aliphatic rings. The molecule has 0 fully saturated rings. The third-order valence-electron chi connectivity index (χ3n) is 2.63. The van der Waals surface area contributed by atoms with Crippen molar-refractivity contribution in [2.75, 3.05) is 13.6 Å². The number of pyridine rings is 1. The van der Waals surface area contributed by atoms with E-state index in [1.54, 1.807) is 12.1 Å². The van der Waals surface area contributed by atoms with Gasteiger partial charge in [0.1, 0.15) is 5.82 Å². The second-order valence-corrected chi connectivity index (χ2v) is 3.94. The van der Waals surface area contributed by atoms with Crippen LogP contribution < -0.4 is 5.32 Å². The summed E-state index contributed by atoms with van der Waals surface area (Å²) in [5, 5.41) is 4.02. The van der Waals surface area contributed by atoms with Crippen molar-refractivity contribution >= 4 is 10.9 Å². The van der Waals surface area contributed by atoms with Gasteiger partial charge in [-0.3, -0.25) is 4.98 Å². The molecule has 1 N–H and O–H groups in total. The van der Waals surface area contributed by atoms with Crippen molar-refractivity contribution < 1.29 is 4.39 Å². The number of fused-ring (bicyclic) bond motifs is 1. The average molecular weight is 218 g/mol. The number of halogens is 1. The maximum Gasteiger partial charge on any atom is 0.123 e. The predicted octanol–water partition coefficient (Wildman–Crippen LogP) is 2.44. The summed E-state index contributed by atoms with van der Waals surface area (Å²) in [6, 6.07) is 6.78. The fourth-order valence-electron chi connectivity index (χ4n) is 1.88. The van der Waals surface area contributed by atoms with E-state index in [9.17, 15) is 4.39 Å². The molecule has 0 radical (unpaired) electrons. The molecule has 0 bridgehead atoms. The molecule has 0 saturated heterocycles. The Morgan fingerprint density at radius 1 is 1.31 bits per heavy atom. The Bertz CT molecular complexity index is 509. The van der Waals surface area contributed by atoms with Crippen LogP contribution in [-0.2, 0) is 6.42 Å². The highest BCUT2D eigenvalue weighted by Gasteiger charge is 2.04. The number of nitrogens with one attached hydrogen (secondary N) is 1. The van der Waals surface area contributed by atoms with Gasteiger partial charge in [0.2, 0.25) is 0 Å². The van der Waals surface area contributed by atoms with Crippen LogP contribution in [0.25, 0.3) is 10.9 Å². The molecule has 0 saturated carbocycles. The van der Waals surface area contributed by atoms with E-state index in [0.717, 1.165) is 35.1 Å². The van der Waals surface area contributed by atoms with E-state index in [4.69, 9.17) is 0 Å². The minimum atomic E-state index is -0.205. The van der Waals surface area contributed by atoms with E-state index in [2.05, 4.69) is 10.3 Å². The van der Waals surface area contributed by atoms with Crippen molar-refractivity contribution in [1.29, 1.82) is 0 Å². The summed E-state index contributed by atoms with van der Waals surface area (Å²) in [6.07, 6.45) is 0.889. The number of likely N-dealkylation sites (N-methyl/N-ethyl adjacent to an activating group) is 1. The summed E-state index contributed by atoms with van der Waals surface area (Å²) in [4.78, 5) is 4.40. The smallest absolute Gasteiger partial charge is 0.123 e. The minimum absolute atomic E-state index is 0.205. The first-order valence-corrected chi connectivity index (χ1v) is 5.41. The average Bonchev–Trinajstić information content (AvgIpc) is 2.26. The Morgan fingerprint density at radius 2 is 2.12 bits per heavy atom. The zero-order chi connectivity index (χ0) is 11.5. The number of aryl methyl sites for hydroxylation is 1. The van der Waals surface area contributed by atoms with Crippen LogP contribution in [0, 0.1) is 12.7 Å². The highest BCUT2D eigenvalue weighted by Crippen LogP contribution is 2.19. The summed E-state index contributed by atoms with van der Waals surface area (Å²) >= 11 is 0. The van der Waals surface area contributed by atoms with Gasteiger partial charge < -0.3 is 5.32 Å². The fraction of sp³-hybridized carbons (Fsp3) is 0.308. The van der Waals surface area contributed by atoms with Crippen molar-refractivity contribution in [3.05, 3.63) is 41.3 Å². The van der Waals surface area contributed by atoms with E-state index in [0.29, 0.717) is 0 Å². The molecule has 1 heterocycles. The number of rotatable bonds is 3. The van der Waals surface area contributed by atoms with E-state index in [1.807, 2.05) is 20.0 Å². The molecule has 1 aromatic carbocycles. The van der Waals surface area contributed by atoms with Gasteiger partial charge in [-0.2, -0.15) is 0 Å². The van der Waals surface area contributed by atoms with Gasteiger partial charge in [0.05, 0.1) is 5.52 Å². The van der Waals surface area contributed by atoms with E-state index in [1.165, 1.54) is 6.07 Å². The lowest BCUT2D eigenvalue weighted by atomic mass is 10.0.